The van der Waals surface area contributed by atoms with Gasteiger partial charge >= 0.3 is 6.09 Å². The van der Waals surface area contributed by atoms with Gasteiger partial charge in [0.1, 0.15) is 11.4 Å². The number of aromatic nitrogens is 1. The van der Waals surface area contributed by atoms with Crippen LogP contribution in [-0.2, 0) is 16.0 Å². The Morgan fingerprint density at radius 2 is 1.90 bits per heavy atom. The molecule has 2 aromatic carbocycles. The van der Waals surface area contributed by atoms with Gasteiger partial charge < -0.3 is 18.9 Å². The summed E-state index contributed by atoms with van der Waals surface area (Å²) in [5.74, 6) is 0.160. The van der Waals surface area contributed by atoms with Crippen molar-refractivity contribution in [1.82, 2.24) is 9.47 Å². The van der Waals surface area contributed by atoms with Gasteiger partial charge in [-0.15, -0.1) is 0 Å². The molecular formula is C33H45BrFN3O3. The molecule has 0 bridgehead atoms. The second kappa shape index (κ2) is 13.7. The molecule has 0 N–H and O–H groups in total. The number of amides is 1. The molecule has 224 valence electrons. The minimum atomic E-state index is -0.580. The van der Waals surface area contributed by atoms with Crippen molar-refractivity contribution in [3.63, 3.8) is 0 Å². The number of hydrogen-bond acceptors (Lipinski definition) is 4. The number of fused-ring (bicyclic) bond motifs is 1. The van der Waals surface area contributed by atoms with Crippen LogP contribution in [0.3, 0.4) is 0 Å². The molecule has 41 heavy (non-hydrogen) atoms. The molecule has 0 radical (unpaired) electrons. The van der Waals surface area contributed by atoms with Crippen LogP contribution in [0.5, 0.6) is 0 Å². The third kappa shape index (κ3) is 7.70. The van der Waals surface area contributed by atoms with E-state index in [9.17, 15) is 4.79 Å². The second-order valence-electron chi connectivity index (χ2n) is 12.2. The number of aryl methyl sites for hydroxylation is 2. The van der Waals surface area contributed by atoms with Crippen molar-refractivity contribution >= 4 is 38.6 Å². The SMILES string of the molecule is COCCCn1c(C2CCCN(CC[C@@H](C)N(C(=O)OC(C)(C)C)c3ccc(Br)cc3)C2)c(C)c2cccc(F)c21. The molecule has 1 amide bonds. The molecule has 8 heteroatoms. The smallest absolute Gasteiger partial charge is 0.415 e. The Kier molecular flexibility index (Phi) is 10.5. The minimum absolute atomic E-state index is 0.0530. The summed E-state index contributed by atoms with van der Waals surface area (Å²) in [7, 11) is 1.71. The maximum atomic E-state index is 15.1. The molecule has 1 unspecified atom stereocenters. The third-order valence-electron chi connectivity index (χ3n) is 7.96. The number of para-hydroxylation sites is 1. The molecule has 2 heterocycles. The summed E-state index contributed by atoms with van der Waals surface area (Å²) < 4.78 is 29.4. The van der Waals surface area contributed by atoms with E-state index in [4.69, 9.17) is 9.47 Å². The van der Waals surface area contributed by atoms with Gasteiger partial charge in [-0.25, -0.2) is 9.18 Å². The molecular weight excluding hydrogens is 585 g/mol. The van der Waals surface area contributed by atoms with E-state index in [-0.39, 0.29) is 18.0 Å². The van der Waals surface area contributed by atoms with Crippen molar-refractivity contribution < 1.29 is 18.7 Å². The average Bonchev–Trinajstić information content (AvgIpc) is 3.20. The van der Waals surface area contributed by atoms with Gasteiger partial charge in [-0.05, 0) is 103 Å². The average molecular weight is 631 g/mol. The van der Waals surface area contributed by atoms with Crippen LogP contribution in [0.2, 0.25) is 0 Å². The van der Waals surface area contributed by atoms with Gasteiger partial charge in [0.15, 0.2) is 0 Å². The van der Waals surface area contributed by atoms with Gasteiger partial charge in [0.05, 0.1) is 5.52 Å². The van der Waals surface area contributed by atoms with Crippen LogP contribution in [0.4, 0.5) is 14.9 Å². The van der Waals surface area contributed by atoms with Gasteiger partial charge in [0, 0.05) is 66.6 Å². The van der Waals surface area contributed by atoms with E-state index in [1.54, 1.807) is 18.1 Å². The van der Waals surface area contributed by atoms with Crippen molar-refractivity contribution in [3.05, 3.63) is 64.0 Å². The predicted octanol–water partition coefficient (Wildman–Crippen LogP) is 8.29. The number of hydrogen-bond donors (Lipinski definition) is 0. The largest absolute Gasteiger partial charge is 0.443 e. The zero-order valence-corrected chi connectivity index (χ0v) is 27.0. The maximum absolute atomic E-state index is 15.1. The first kappa shape index (κ1) is 31.5. The van der Waals surface area contributed by atoms with Crippen molar-refractivity contribution in [2.75, 3.05) is 38.3 Å². The summed E-state index contributed by atoms with van der Waals surface area (Å²) in [6.45, 7) is 14.1. The fourth-order valence-corrected chi connectivity index (χ4v) is 6.38. The zero-order valence-electron chi connectivity index (χ0n) is 25.4. The van der Waals surface area contributed by atoms with Gasteiger partial charge in [-0.2, -0.15) is 0 Å². The Hall–Kier alpha value is -2.42. The number of benzene rings is 2. The molecule has 6 nitrogen and oxygen atoms in total. The lowest BCUT2D eigenvalue weighted by Gasteiger charge is -2.36. The first-order valence-electron chi connectivity index (χ1n) is 14.8. The fraction of sp³-hybridized carbons (Fsp3) is 0.545. The van der Waals surface area contributed by atoms with E-state index in [0.717, 1.165) is 67.4 Å². The Labute approximate surface area is 252 Å². The Bertz CT molecular complexity index is 1320. The number of carbonyl (C=O) groups excluding carboxylic acids is 1. The summed E-state index contributed by atoms with van der Waals surface area (Å²) in [6, 6.07) is 13.2. The van der Waals surface area contributed by atoms with E-state index < -0.39 is 5.60 Å². The first-order chi connectivity index (χ1) is 19.5. The molecule has 2 atom stereocenters. The third-order valence-corrected chi connectivity index (χ3v) is 8.49. The number of rotatable bonds is 10. The first-order valence-corrected chi connectivity index (χ1v) is 15.6. The number of anilines is 1. The van der Waals surface area contributed by atoms with Crippen LogP contribution in [0, 0.1) is 12.7 Å². The molecule has 0 spiro atoms. The summed E-state index contributed by atoms with van der Waals surface area (Å²) in [4.78, 5) is 17.6. The molecule has 1 aliphatic heterocycles. The van der Waals surface area contributed by atoms with Crippen LogP contribution < -0.4 is 4.90 Å². The molecule has 1 aliphatic rings. The van der Waals surface area contributed by atoms with E-state index in [1.807, 2.05) is 57.2 Å². The van der Waals surface area contributed by atoms with Crippen molar-refractivity contribution in [2.45, 2.75) is 84.4 Å². The Balaban J connectivity index is 1.52. The van der Waals surface area contributed by atoms with Crippen LogP contribution in [-0.4, -0.2) is 60.6 Å². The topological polar surface area (TPSA) is 46.9 Å². The normalized spacial score (nSPS) is 17.1. The number of halogens is 2. The van der Waals surface area contributed by atoms with Crippen LogP contribution in [0.25, 0.3) is 10.9 Å². The number of piperidine rings is 1. The molecule has 3 aromatic rings. The van der Waals surface area contributed by atoms with Gasteiger partial charge in [0.2, 0.25) is 0 Å². The lowest BCUT2D eigenvalue weighted by atomic mass is 9.91. The Morgan fingerprint density at radius 3 is 2.59 bits per heavy atom. The number of methoxy groups -OCH3 is 1. The van der Waals surface area contributed by atoms with E-state index in [0.29, 0.717) is 18.0 Å². The molecule has 0 saturated carbocycles. The Morgan fingerprint density at radius 1 is 1.17 bits per heavy atom. The highest BCUT2D eigenvalue weighted by molar-refractivity contribution is 9.10. The van der Waals surface area contributed by atoms with E-state index in [1.165, 1.54) is 11.3 Å². The summed E-state index contributed by atoms with van der Waals surface area (Å²) in [5.41, 5.74) is 3.39. The molecule has 1 saturated heterocycles. The number of ether oxygens (including phenoxy) is 2. The van der Waals surface area contributed by atoms with Crippen molar-refractivity contribution in [3.8, 4) is 0 Å². The summed E-state index contributed by atoms with van der Waals surface area (Å²) in [6.07, 6.45) is 3.49. The van der Waals surface area contributed by atoms with Crippen LogP contribution in [0.15, 0.2) is 46.9 Å². The van der Waals surface area contributed by atoms with Gasteiger partial charge in [0.25, 0.3) is 0 Å². The second-order valence-corrected chi connectivity index (χ2v) is 13.2. The van der Waals surface area contributed by atoms with Crippen molar-refractivity contribution in [1.29, 1.82) is 0 Å². The monoisotopic (exact) mass is 629 g/mol. The lowest BCUT2D eigenvalue weighted by molar-refractivity contribution is 0.0563. The van der Waals surface area contributed by atoms with Crippen LogP contribution in [0.1, 0.15) is 70.6 Å². The molecule has 1 fully saturated rings. The molecule has 1 aromatic heterocycles. The quantitative estimate of drug-likeness (QED) is 0.212. The standard InChI is InChI=1S/C33H45BrFN3O3/c1-23(38(32(39)41-33(3,4)5)27-15-13-26(34)14-16-27)17-20-36-18-8-10-25(22-36)30-24(2)28-11-7-12-29(35)31(28)37(30)19-9-21-40-6/h7,11-16,23,25H,8-10,17-22H2,1-6H3/t23-,25?/m1/s1. The van der Waals surface area contributed by atoms with Crippen molar-refractivity contribution in [2.24, 2.45) is 0 Å². The summed E-state index contributed by atoms with van der Waals surface area (Å²) >= 11 is 3.50. The number of nitrogens with zero attached hydrogens (tertiary/aromatic N) is 3. The predicted molar refractivity (Wildman–Crippen MR) is 168 cm³/mol. The number of carbonyl (C=O) groups is 1. The van der Waals surface area contributed by atoms with Crippen LogP contribution >= 0.6 is 15.9 Å². The maximum Gasteiger partial charge on any atom is 0.415 e. The van der Waals surface area contributed by atoms with E-state index >= 15 is 4.39 Å². The minimum Gasteiger partial charge on any atom is -0.443 e. The zero-order chi connectivity index (χ0) is 29.7. The highest BCUT2D eigenvalue weighted by Crippen LogP contribution is 2.37. The number of likely N-dealkylation sites (tertiary alicyclic amines) is 1. The summed E-state index contributed by atoms with van der Waals surface area (Å²) in [5, 5.41) is 1.01. The fourth-order valence-electron chi connectivity index (χ4n) is 6.11. The van der Waals surface area contributed by atoms with Gasteiger partial charge in [-0.3, -0.25) is 4.90 Å². The highest BCUT2D eigenvalue weighted by Gasteiger charge is 2.31. The van der Waals surface area contributed by atoms with E-state index in [2.05, 4.69) is 39.2 Å². The molecule has 0 aliphatic carbocycles. The lowest BCUT2D eigenvalue weighted by Crippen LogP contribution is -2.44. The molecule has 4 rings (SSSR count). The highest BCUT2D eigenvalue weighted by atomic mass is 79.9. The van der Waals surface area contributed by atoms with Gasteiger partial charge in [-0.1, -0.05) is 28.1 Å².